The molecule has 0 saturated carbocycles. The summed E-state index contributed by atoms with van der Waals surface area (Å²) in [7, 11) is 1.65. The highest BCUT2D eigenvalue weighted by atomic mass is 79.9. The lowest BCUT2D eigenvalue weighted by Gasteiger charge is -2.11. The van der Waals surface area contributed by atoms with Gasteiger partial charge in [-0.25, -0.2) is 9.67 Å². The molecule has 0 aliphatic carbocycles. The average molecular weight is 402 g/mol. The molecule has 0 atom stereocenters. The molecule has 0 spiro atoms. The molecule has 0 aliphatic rings. The van der Waals surface area contributed by atoms with E-state index in [9.17, 15) is 9.59 Å². The first-order valence-electron chi connectivity index (χ1n) is 7.52. The number of hydrogen-bond acceptors (Lipinski definition) is 4. The van der Waals surface area contributed by atoms with Gasteiger partial charge < -0.3 is 9.88 Å². The minimum absolute atomic E-state index is 0.133. The van der Waals surface area contributed by atoms with Gasteiger partial charge in [0.2, 0.25) is 0 Å². The van der Waals surface area contributed by atoms with Gasteiger partial charge >= 0.3 is 0 Å². The number of anilines is 1. The first kappa shape index (κ1) is 17.1. The van der Waals surface area contributed by atoms with Gasteiger partial charge in [-0.3, -0.25) is 9.59 Å². The van der Waals surface area contributed by atoms with Gasteiger partial charge in [0.25, 0.3) is 11.5 Å². The summed E-state index contributed by atoms with van der Waals surface area (Å²) < 4.78 is 3.91. The summed E-state index contributed by atoms with van der Waals surface area (Å²) in [5.41, 5.74) is 1.76. The molecule has 3 heterocycles. The highest BCUT2D eigenvalue weighted by molar-refractivity contribution is 9.10. The number of rotatable bonds is 3. The summed E-state index contributed by atoms with van der Waals surface area (Å²) in [6, 6.07) is 5.26. The molecule has 1 amide bonds. The fourth-order valence-electron chi connectivity index (χ4n) is 2.47. The number of hydrogen-bond donors (Lipinski definition) is 1. The van der Waals surface area contributed by atoms with Crippen LogP contribution >= 0.6 is 15.9 Å². The minimum atomic E-state index is -0.450. The number of pyridine rings is 2. The lowest BCUT2D eigenvalue weighted by atomic mass is 10.1. The van der Waals surface area contributed by atoms with Crippen molar-refractivity contribution < 1.29 is 4.79 Å². The fraction of sp³-hybridized carbons (Fsp3) is 0.176. The number of aromatic nitrogens is 4. The summed E-state index contributed by atoms with van der Waals surface area (Å²) in [5.74, 6) is 0.167. The van der Waals surface area contributed by atoms with Gasteiger partial charge in [-0.1, -0.05) is 0 Å². The standard InChI is InChI=1S/C17H16BrN5O2/c1-10-6-11(2)22(3)17(25)15(10)16(24)21-13-4-5-14(19-8-13)23-9-12(18)7-20-23/h4-9H,1-3H3,(H,21,24). The Morgan fingerprint density at radius 2 is 2.00 bits per heavy atom. The van der Waals surface area contributed by atoms with E-state index in [0.717, 1.165) is 10.2 Å². The van der Waals surface area contributed by atoms with Crippen LogP contribution in [0.2, 0.25) is 0 Å². The summed E-state index contributed by atoms with van der Waals surface area (Å²) in [6.07, 6.45) is 4.96. The zero-order valence-electron chi connectivity index (χ0n) is 13.9. The molecule has 0 unspecified atom stereocenters. The molecule has 7 nitrogen and oxygen atoms in total. The molecule has 3 aromatic rings. The molecule has 8 heteroatoms. The largest absolute Gasteiger partial charge is 0.320 e. The van der Waals surface area contributed by atoms with Crippen LogP contribution in [-0.4, -0.2) is 25.2 Å². The first-order chi connectivity index (χ1) is 11.9. The molecule has 25 heavy (non-hydrogen) atoms. The highest BCUT2D eigenvalue weighted by Gasteiger charge is 2.16. The van der Waals surface area contributed by atoms with Crippen molar-refractivity contribution in [2.75, 3.05) is 5.32 Å². The molecule has 3 rings (SSSR count). The second-order valence-corrected chi connectivity index (χ2v) is 6.59. The van der Waals surface area contributed by atoms with Crippen molar-refractivity contribution in [1.29, 1.82) is 0 Å². The molecule has 0 aliphatic heterocycles. The van der Waals surface area contributed by atoms with E-state index in [1.165, 1.54) is 10.8 Å². The van der Waals surface area contributed by atoms with Crippen LogP contribution in [0.15, 0.2) is 46.1 Å². The van der Waals surface area contributed by atoms with Crippen molar-refractivity contribution in [3.8, 4) is 5.82 Å². The molecular formula is C17H16BrN5O2. The van der Waals surface area contributed by atoms with E-state index in [1.54, 1.807) is 43.2 Å². The van der Waals surface area contributed by atoms with Crippen LogP contribution in [0.5, 0.6) is 0 Å². The van der Waals surface area contributed by atoms with Crippen LogP contribution in [-0.2, 0) is 7.05 Å². The Morgan fingerprint density at radius 1 is 1.24 bits per heavy atom. The normalized spacial score (nSPS) is 10.7. The summed E-state index contributed by atoms with van der Waals surface area (Å²) in [6.45, 7) is 3.58. The second kappa shape index (κ2) is 6.64. The van der Waals surface area contributed by atoms with Crippen LogP contribution in [0.25, 0.3) is 5.82 Å². The van der Waals surface area contributed by atoms with Crippen molar-refractivity contribution in [3.05, 3.63) is 68.4 Å². The second-order valence-electron chi connectivity index (χ2n) is 5.67. The number of amides is 1. The maximum Gasteiger partial charge on any atom is 0.263 e. The van der Waals surface area contributed by atoms with E-state index >= 15 is 0 Å². The Kier molecular flexibility index (Phi) is 4.54. The lowest BCUT2D eigenvalue weighted by molar-refractivity contribution is 0.102. The summed E-state index contributed by atoms with van der Waals surface area (Å²) in [5, 5.41) is 6.86. The van der Waals surface area contributed by atoms with E-state index in [-0.39, 0.29) is 11.1 Å². The van der Waals surface area contributed by atoms with E-state index in [1.807, 2.05) is 13.0 Å². The van der Waals surface area contributed by atoms with Crippen molar-refractivity contribution in [1.82, 2.24) is 19.3 Å². The van der Waals surface area contributed by atoms with Crippen LogP contribution in [0.3, 0.4) is 0 Å². The smallest absolute Gasteiger partial charge is 0.263 e. The average Bonchev–Trinajstić information content (AvgIpc) is 3.00. The van der Waals surface area contributed by atoms with Crippen molar-refractivity contribution in [2.45, 2.75) is 13.8 Å². The number of aryl methyl sites for hydroxylation is 2. The fourth-order valence-corrected chi connectivity index (χ4v) is 2.76. The van der Waals surface area contributed by atoms with E-state index in [2.05, 4.69) is 31.3 Å². The Balaban J connectivity index is 1.85. The number of nitrogens with one attached hydrogen (secondary N) is 1. The maximum atomic E-state index is 12.5. The molecule has 0 saturated heterocycles. The summed E-state index contributed by atoms with van der Waals surface area (Å²) in [4.78, 5) is 29.1. The van der Waals surface area contributed by atoms with Crippen LogP contribution in [0, 0.1) is 13.8 Å². The topological polar surface area (TPSA) is 81.8 Å². The molecule has 128 valence electrons. The van der Waals surface area contributed by atoms with Crippen molar-refractivity contribution in [2.24, 2.45) is 7.05 Å². The molecular weight excluding hydrogens is 386 g/mol. The van der Waals surface area contributed by atoms with Crippen LogP contribution < -0.4 is 10.9 Å². The van der Waals surface area contributed by atoms with Gasteiger partial charge in [-0.2, -0.15) is 5.10 Å². The molecule has 0 aromatic carbocycles. The van der Waals surface area contributed by atoms with Gasteiger partial charge in [0.15, 0.2) is 5.82 Å². The lowest BCUT2D eigenvalue weighted by Crippen LogP contribution is -2.30. The maximum absolute atomic E-state index is 12.5. The molecule has 0 fully saturated rings. The highest BCUT2D eigenvalue weighted by Crippen LogP contribution is 2.14. The van der Waals surface area contributed by atoms with Crippen molar-refractivity contribution in [3.63, 3.8) is 0 Å². The number of carbonyl (C=O) groups is 1. The predicted octanol–water partition coefficient (Wildman–Crippen LogP) is 2.60. The quantitative estimate of drug-likeness (QED) is 0.730. The van der Waals surface area contributed by atoms with E-state index in [4.69, 9.17) is 0 Å². The third kappa shape index (κ3) is 3.39. The molecule has 3 aromatic heterocycles. The van der Waals surface area contributed by atoms with E-state index in [0.29, 0.717) is 17.1 Å². The monoisotopic (exact) mass is 401 g/mol. The Bertz CT molecular complexity index is 1000. The minimum Gasteiger partial charge on any atom is -0.320 e. The zero-order chi connectivity index (χ0) is 18.1. The molecule has 1 N–H and O–H groups in total. The van der Waals surface area contributed by atoms with Gasteiger partial charge in [0.05, 0.1) is 22.6 Å². The van der Waals surface area contributed by atoms with Gasteiger partial charge in [-0.15, -0.1) is 0 Å². The summed E-state index contributed by atoms with van der Waals surface area (Å²) >= 11 is 3.33. The van der Waals surface area contributed by atoms with E-state index < -0.39 is 5.91 Å². The van der Waals surface area contributed by atoms with Crippen LogP contribution in [0.1, 0.15) is 21.6 Å². The zero-order valence-corrected chi connectivity index (χ0v) is 15.5. The van der Waals surface area contributed by atoms with Gasteiger partial charge in [-0.05, 0) is 53.5 Å². The molecule has 0 radical (unpaired) electrons. The van der Waals surface area contributed by atoms with Gasteiger partial charge in [0.1, 0.15) is 5.56 Å². The number of carbonyl (C=O) groups excluding carboxylic acids is 1. The Morgan fingerprint density at radius 3 is 2.60 bits per heavy atom. The predicted molar refractivity (Wildman–Crippen MR) is 98.2 cm³/mol. The number of halogens is 1. The third-order valence-electron chi connectivity index (χ3n) is 3.89. The Hall–Kier alpha value is -2.74. The van der Waals surface area contributed by atoms with Gasteiger partial charge in [0, 0.05) is 18.9 Å². The number of nitrogens with zero attached hydrogens (tertiary/aromatic N) is 4. The van der Waals surface area contributed by atoms with Crippen molar-refractivity contribution >= 4 is 27.5 Å². The Labute approximate surface area is 152 Å². The molecule has 0 bridgehead atoms. The first-order valence-corrected chi connectivity index (χ1v) is 8.31. The SMILES string of the molecule is Cc1cc(C)n(C)c(=O)c1C(=O)Nc1ccc(-n2cc(Br)cn2)nc1. The third-order valence-corrected chi connectivity index (χ3v) is 4.30. The van der Waals surface area contributed by atoms with Crippen LogP contribution in [0.4, 0.5) is 5.69 Å².